The lowest BCUT2D eigenvalue weighted by molar-refractivity contribution is 0.0572. The van der Waals surface area contributed by atoms with Crippen molar-refractivity contribution < 1.29 is 9.32 Å². The largest absolute Gasteiger partial charge is 0.390 e. The van der Waals surface area contributed by atoms with Gasteiger partial charge in [-0.3, -0.25) is 0 Å². The molecular weight excluding hydrogens is 140 g/mol. The van der Waals surface area contributed by atoms with Crippen LogP contribution in [0, 0.1) is 4.78 Å². The first kappa shape index (κ1) is 6.98. The van der Waals surface area contributed by atoms with Crippen LogP contribution in [0.4, 0.5) is 0 Å². The van der Waals surface area contributed by atoms with E-state index in [2.05, 4.69) is 0 Å². The summed E-state index contributed by atoms with van der Waals surface area (Å²) in [6.45, 7) is 0.775. The topological polar surface area (TPSA) is 64.4 Å². The third-order valence-electron chi connectivity index (χ3n) is 1.32. The zero-order chi connectivity index (χ0) is 7.07. The molecule has 0 saturated carbocycles. The number of nitrogens with one attached hydrogen (secondary N) is 1. The Kier molecular flexibility index (Phi) is 1.50. The van der Waals surface area contributed by atoms with E-state index in [4.69, 9.17) is 9.89 Å². The van der Waals surface area contributed by atoms with E-state index in [1.54, 1.807) is 0 Å². The molecule has 1 saturated heterocycles. The summed E-state index contributed by atoms with van der Waals surface area (Å²) in [5.41, 5.74) is 0. The molecule has 0 amide bonds. The zero-order valence-electron chi connectivity index (χ0n) is 5.20. The van der Waals surface area contributed by atoms with Crippen LogP contribution in [-0.2, 0) is 9.92 Å². The average Bonchev–Trinajstić information content (AvgIpc) is 1.55. The fourth-order valence-electron chi connectivity index (χ4n) is 0.701. The van der Waals surface area contributed by atoms with E-state index < -0.39 is 9.92 Å². The summed E-state index contributed by atoms with van der Waals surface area (Å²) in [6.07, 6.45) is 0.995. The number of aliphatic hydroxyl groups excluding tert-OH is 1. The summed E-state index contributed by atoms with van der Waals surface area (Å²) < 4.78 is 19.3. The number of hydrogen-bond acceptors (Lipinski definition) is 3. The van der Waals surface area contributed by atoms with E-state index in [-0.39, 0.29) is 6.10 Å². The molecule has 2 N–H and O–H groups in total. The minimum atomic E-state index is -2.53. The molecule has 5 heteroatoms. The molecule has 0 aromatic heterocycles. The predicted molar refractivity (Wildman–Crippen MR) is 34.4 cm³/mol. The maximum absolute atomic E-state index is 10.8. The molecule has 1 heterocycles. The average molecular weight is 150 g/mol. The molecule has 0 aromatic rings. The summed E-state index contributed by atoms with van der Waals surface area (Å²) >= 11 is 0. The maximum atomic E-state index is 10.8. The normalized spacial score (nSPS) is 29.1. The third-order valence-corrected chi connectivity index (χ3v) is 2.61. The number of aliphatic hydroxyl groups is 1. The molecule has 0 aromatic carbocycles. The second-order valence-electron chi connectivity index (χ2n) is 2.30. The highest BCUT2D eigenvalue weighted by atomic mass is 32.2. The van der Waals surface area contributed by atoms with Crippen LogP contribution in [0.5, 0.6) is 0 Å². The van der Waals surface area contributed by atoms with E-state index >= 15 is 0 Å². The second-order valence-corrected chi connectivity index (χ2v) is 4.42. The van der Waals surface area contributed by atoms with Gasteiger partial charge in [0.25, 0.3) is 0 Å². The van der Waals surface area contributed by atoms with Gasteiger partial charge in [0.05, 0.1) is 6.10 Å². The lowest BCUT2D eigenvalue weighted by Crippen LogP contribution is -2.52. The van der Waals surface area contributed by atoms with E-state index in [1.165, 1.54) is 10.6 Å². The van der Waals surface area contributed by atoms with Gasteiger partial charge in [0.2, 0.25) is 0 Å². The van der Waals surface area contributed by atoms with Crippen LogP contribution in [-0.4, -0.2) is 39.1 Å². The maximum Gasteiger partial charge on any atom is 0.105 e. The first-order valence-electron chi connectivity index (χ1n) is 2.67. The standard InChI is InChI=1S/C4H10N2O2S/c1-9(5,8)6-2-4(7)3-6/h4-5,7H,2-3H2,1H3. The Bertz CT molecular complexity index is 193. The van der Waals surface area contributed by atoms with Crippen molar-refractivity contribution in [1.82, 2.24) is 4.31 Å². The number of hydrogen-bond donors (Lipinski definition) is 2. The van der Waals surface area contributed by atoms with Crippen molar-refractivity contribution in [3.8, 4) is 0 Å². The molecule has 0 aliphatic carbocycles. The highest BCUT2D eigenvalue weighted by molar-refractivity contribution is 7.89. The third kappa shape index (κ3) is 1.41. The molecular formula is C4H10N2O2S. The monoisotopic (exact) mass is 150 g/mol. The zero-order valence-corrected chi connectivity index (χ0v) is 6.02. The van der Waals surface area contributed by atoms with Crippen molar-refractivity contribution in [3.05, 3.63) is 0 Å². The van der Waals surface area contributed by atoms with E-state index in [9.17, 15) is 4.21 Å². The molecule has 1 rings (SSSR count). The molecule has 0 bridgehead atoms. The lowest BCUT2D eigenvalue weighted by atomic mass is 10.2. The summed E-state index contributed by atoms with van der Waals surface area (Å²) in [5.74, 6) is 0. The Hall–Kier alpha value is -0.130. The summed E-state index contributed by atoms with van der Waals surface area (Å²) in [5, 5.41) is 8.73. The smallest absolute Gasteiger partial charge is 0.105 e. The van der Waals surface area contributed by atoms with Crippen LogP contribution < -0.4 is 0 Å². The van der Waals surface area contributed by atoms with Gasteiger partial charge in [0.15, 0.2) is 0 Å². The van der Waals surface area contributed by atoms with Gasteiger partial charge < -0.3 is 5.11 Å². The first-order valence-corrected chi connectivity index (χ1v) is 4.59. The van der Waals surface area contributed by atoms with Gasteiger partial charge >= 0.3 is 0 Å². The molecule has 0 spiro atoms. The van der Waals surface area contributed by atoms with Crippen LogP contribution in [0.3, 0.4) is 0 Å². The molecule has 9 heavy (non-hydrogen) atoms. The highest BCUT2D eigenvalue weighted by Gasteiger charge is 2.29. The molecule has 1 fully saturated rings. The Morgan fingerprint density at radius 3 is 2.33 bits per heavy atom. The molecule has 1 aliphatic heterocycles. The van der Waals surface area contributed by atoms with Crippen LogP contribution in [0.2, 0.25) is 0 Å². The number of nitrogens with zero attached hydrogens (tertiary/aromatic N) is 1. The van der Waals surface area contributed by atoms with Gasteiger partial charge in [0, 0.05) is 19.3 Å². The Labute approximate surface area is 54.6 Å². The van der Waals surface area contributed by atoms with Crippen LogP contribution in [0.15, 0.2) is 0 Å². The fraction of sp³-hybridized carbons (Fsp3) is 1.00. The highest BCUT2D eigenvalue weighted by Crippen LogP contribution is 2.11. The van der Waals surface area contributed by atoms with Crippen molar-refractivity contribution in [2.45, 2.75) is 6.10 Å². The molecule has 4 nitrogen and oxygen atoms in total. The number of β-amino-alcohol motifs (C(OH)–C–C–N with tert-alkyl or cyclic N) is 1. The van der Waals surface area contributed by atoms with Crippen LogP contribution in [0.25, 0.3) is 0 Å². The van der Waals surface area contributed by atoms with Gasteiger partial charge in [-0.05, 0) is 0 Å². The SMILES string of the molecule is CS(=N)(=O)N1CC(O)C1. The van der Waals surface area contributed by atoms with E-state index in [0.717, 1.165) is 0 Å². The molecule has 1 aliphatic rings. The Morgan fingerprint density at radius 2 is 2.22 bits per heavy atom. The molecule has 0 radical (unpaired) electrons. The van der Waals surface area contributed by atoms with Crippen molar-refractivity contribution in [2.75, 3.05) is 19.3 Å². The van der Waals surface area contributed by atoms with Gasteiger partial charge in [-0.15, -0.1) is 0 Å². The Balaban J connectivity index is 2.51. The van der Waals surface area contributed by atoms with Gasteiger partial charge in [-0.2, -0.15) is 0 Å². The predicted octanol–water partition coefficient (Wildman–Crippen LogP) is -0.746. The fourth-order valence-corrected chi connectivity index (χ4v) is 1.61. The Morgan fingerprint density at radius 1 is 1.78 bits per heavy atom. The summed E-state index contributed by atoms with van der Waals surface area (Å²) in [7, 11) is -2.53. The van der Waals surface area contributed by atoms with Gasteiger partial charge in [0.1, 0.15) is 9.92 Å². The minimum absolute atomic E-state index is 0.365. The minimum Gasteiger partial charge on any atom is -0.390 e. The molecule has 1 atom stereocenters. The van der Waals surface area contributed by atoms with Crippen molar-refractivity contribution in [1.29, 1.82) is 4.78 Å². The summed E-state index contributed by atoms with van der Waals surface area (Å²) in [6, 6.07) is 0. The lowest BCUT2D eigenvalue weighted by Gasteiger charge is -2.34. The molecule has 1 unspecified atom stereocenters. The quantitative estimate of drug-likeness (QED) is 0.517. The van der Waals surface area contributed by atoms with Crippen molar-refractivity contribution >= 4 is 9.92 Å². The van der Waals surface area contributed by atoms with Crippen LogP contribution in [0.1, 0.15) is 0 Å². The summed E-state index contributed by atoms with van der Waals surface area (Å²) in [4.78, 5) is 0. The van der Waals surface area contributed by atoms with E-state index in [0.29, 0.717) is 13.1 Å². The van der Waals surface area contributed by atoms with Crippen LogP contribution >= 0.6 is 0 Å². The number of rotatable bonds is 1. The molecule has 54 valence electrons. The van der Waals surface area contributed by atoms with E-state index in [1.807, 2.05) is 0 Å². The first-order chi connectivity index (χ1) is 4.00. The van der Waals surface area contributed by atoms with Crippen molar-refractivity contribution in [3.63, 3.8) is 0 Å². The van der Waals surface area contributed by atoms with Gasteiger partial charge in [-0.25, -0.2) is 13.3 Å². The second kappa shape index (κ2) is 1.93. The van der Waals surface area contributed by atoms with Gasteiger partial charge in [-0.1, -0.05) is 0 Å². The van der Waals surface area contributed by atoms with Crippen molar-refractivity contribution in [2.24, 2.45) is 0 Å².